The minimum Gasteiger partial charge on any atom is -0.453 e. The third-order valence-electron chi connectivity index (χ3n) is 4.34. The molecule has 19 heavy (non-hydrogen) atoms. The fraction of sp³-hybridized carbons (Fsp3) is 0.533. The standard InChI is InChI=1S/C15H17NO3/c1-10-7-12(14-13(11(10)2)18-9-19-14)15(16-8-17)5-3-4-6-15/h7H,3-6,9H2,1-2H3. The lowest BCUT2D eigenvalue weighted by Gasteiger charge is -2.25. The molecule has 0 amide bonds. The maximum atomic E-state index is 10.8. The van der Waals surface area contributed by atoms with Gasteiger partial charge in [0.1, 0.15) is 5.54 Å². The predicted molar refractivity (Wildman–Crippen MR) is 70.3 cm³/mol. The zero-order valence-corrected chi connectivity index (χ0v) is 11.3. The van der Waals surface area contributed by atoms with Gasteiger partial charge in [-0.2, -0.15) is 4.99 Å². The Bertz CT molecular complexity index is 567. The summed E-state index contributed by atoms with van der Waals surface area (Å²) in [4.78, 5) is 15.0. The van der Waals surface area contributed by atoms with E-state index < -0.39 is 5.54 Å². The smallest absolute Gasteiger partial charge is 0.235 e. The molecule has 2 aliphatic rings. The summed E-state index contributed by atoms with van der Waals surface area (Å²) in [5, 5.41) is 0. The highest BCUT2D eigenvalue weighted by Gasteiger charge is 2.40. The summed E-state index contributed by atoms with van der Waals surface area (Å²) in [7, 11) is 0. The average molecular weight is 259 g/mol. The molecule has 1 aromatic rings. The van der Waals surface area contributed by atoms with Gasteiger partial charge in [0.05, 0.1) is 0 Å². The molecule has 0 N–H and O–H groups in total. The topological polar surface area (TPSA) is 47.9 Å². The SMILES string of the molecule is Cc1cc(C2(N=C=O)CCCC2)c2c(c1C)OCO2. The first kappa shape index (κ1) is 12.2. The largest absolute Gasteiger partial charge is 0.453 e. The van der Waals surface area contributed by atoms with Crippen molar-refractivity contribution in [1.29, 1.82) is 0 Å². The van der Waals surface area contributed by atoms with E-state index in [1.165, 1.54) is 0 Å². The van der Waals surface area contributed by atoms with E-state index in [0.29, 0.717) is 0 Å². The van der Waals surface area contributed by atoms with E-state index in [4.69, 9.17) is 9.47 Å². The first-order valence-corrected chi connectivity index (χ1v) is 6.67. The lowest BCUT2D eigenvalue weighted by atomic mass is 9.86. The Hall–Kier alpha value is -1.80. The number of aryl methyl sites for hydroxylation is 1. The Kier molecular flexibility index (Phi) is 2.83. The molecule has 0 saturated heterocycles. The molecule has 1 heterocycles. The molecule has 4 nitrogen and oxygen atoms in total. The number of isocyanates is 1. The lowest BCUT2D eigenvalue weighted by Crippen LogP contribution is -2.20. The minimum atomic E-state index is -0.460. The van der Waals surface area contributed by atoms with E-state index in [-0.39, 0.29) is 6.79 Å². The molecule has 0 atom stereocenters. The van der Waals surface area contributed by atoms with Crippen molar-refractivity contribution in [2.24, 2.45) is 4.99 Å². The molecule has 100 valence electrons. The zero-order valence-electron chi connectivity index (χ0n) is 11.3. The third kappa shape index (κ3) is 1.75. The second-order valence-corrected chi connectivity index (χ2v) is 5.37. The molecular formula is C15H17NO3. The van der Waals surface area contributed by atoms with Gasteiger partial charge in [-0.3, -0.25) is 0 Å². The normalized spacial score (nSPS) is 19.3. The van der Waals surface area contributed by atoms with Gasteiger partial charge in [-0.1, -0.05) is 12.8 Å². The van der Waals surface area contributed by atoms with E-state index in [0.717, 1.165) is 53.9 Å². The lowest BCUT2D eigenvalue weighted by molar-refractivity contribution is 0.171. The highest BCUT2D eigenvalue weighted by Crippen LogP contribution is 2.51. The summed E-state index contributed by atoms with van der Waals surface area (Å²) in [6.07, 6.45) is 5.66. The van der Waals surface area contributed by atoms with Crippen LogP contribution in [0.2, 0.25) is 0 Å². The van der Waals surface area contributed by atoms with Crippen LogP contribution in [0.25, 0.3) is 0 Å². The van der Waals surface area contributed by atoms with E-state index in [1.807, 2.05) is 13.8 Å². The number of benzene rings is 1. The fourth-order valence-electron chi connectivity index (χ4n) is 3.16. The van der Waals surface area contributed by atoms with Crippen LogP contribution in [-0.4, -0.2) is 12.9 Å². The minimum absolute atomic E-state index is 0.244. The molecule has 1 saturated carbocycles. The van der Waals surface area contributed by atoms with Crippen LogP contribution < -0.4 is 9.47 Å². The van der Waals surface area contributed by atoms with E-state index >= 15 is 0 Å². The van der Waals surface area contributed by atoms with Gasteiger partial charge in [-0.15, -0.1) is 0 Å². The van der Waals surface area contributed by atoms with E-state index in [1.54, 1.807) is 6.08 Å². The molecule has 1 fully saturated rings. The average Bonchev–Trinajstić information content (AvgIpc) is 3.03. The highest BCUT2D eigenvalue weighted by atomic mass is 16.7. The molecule has 1 aromatic carbocycles. The Labute approximate surface area is 112 Å². The zero-order chi connectivity index (χ0) is 13.5. The van der Waals surface area contributed by atoms with Gasteiger partial charge < -0.3 is 9.47 Å². The van der Waals surface area contributed by atoms with E-state index in [9.17, 15) is 4.79 Å². The Morgan fingerprint density at radius 3 is 2.58 bits per heavy atom. The highest BCUT2D eigenvalue weighted by molar-refractivity contribution is 5.59. The number of rotatable bonds is 2. The van der Waals surface area contributed by atoms with Crippen molar-refractivity contribution in [2.45, 2.75) is 45.1 Å². The summed E-state index contributed by atoms with van der Waals surface area (Å²) in [6, 6.07) is 2.09. The summed E-state index contributed by atoms with van der Waals surface area (Å²) in [5.74, 6) is 1.58. The summed E-state index contributed by atoms with van der Waals surface area (Å²) in [5.41, 5.74) is 2.77. The van der Waals surface area contributed by atoms with Crippen LogP contribution >= 0.6 is 0 Å². The maximum absolute atomic E-state index is 10.8. The number of carbonyl (C=O) groups excluding carboxylic acids is 1. The van der Waals surface area contributed by atoms with Crippen molar-refractivity contribution in [3.8, 4) is 11.5 Å². The fourth-order valence-corrected chi connectivity index (χ4v) is 3.16. The van der Waals surface area contributed by atoms with Crippen LogP contribution in [0.1, 0.15) is 42.4 Å². The monoisotopic (exact) mass is 259 g/mol. The molecule has 0 aromatic heterocycles. The van der Waals surface area contributed by atoms with Gasteiger partial charge >= 0.3 is 0 Å². The van der Waals surface area contributed by atoms with Crippen molar-refractivity contribution < 1.29 is 14.3 Å². The Morgan fingerprint density at radius 1 is 1.21 bits per heavy atom. The quantitative estimate of drug-likeness (QED) is 0.605. The number of hydrogen-bond donors (Lipinski definition) is 0. The van der Waals surface area contributed by atoms with Crippen molar-refractivity contribution >= 4 is 6.08 Å². The van der Waals surface area contributed by atoms with Gasteiger partial charge in [0.25, 0.3) is 0 Å². The second-order valence-electron chi connectivity index (χ2n) is 5.37. The summed E-state index contributed by atoms with van der Waals surface area (Å²) in [6.45, 7) is 4.32. The Balaban J connectivity index is 2.22. The van der Waals surface area contributed by atoms with Gasteiger partial charge in [-0.25, -0.2) is 4.79 Å². The van der Waals surface area contributed by atoms with Crippen molar-refractivity contribution in [1.82, 2.24) is 0 Å². The molecule has 1 aliphatic carbocycles. The molecule has 3 rings (SSSR count). The summed E-state index contributed by atoms with van der Waals surface area (Å²) < 4.78 is 11.2. The van der Waals surface area contributed by atoms with Crippen LogP contribution in [0.5, 0.6) is 11.5 Å². The van der Waals surface area contributed by atoms with Gasteiger partial charge in [0.2, 0.25) is 12.9 Å². The van der Waals surface area contributed by atoms with Crippen LogP contribution in [0.3, 0.4) is 0 Å². The number of fused-ring (bicyclic) bond motifs is 1. The molecular weight excluding hydrogens is 242 g/mol. The van der Waals surface area contributed by atoms with Gasteiger partial charge in [-0.05, 0) is 43.9 Å². The van der Waals surface area contributed by atoms with Crippen LogP contribution in [-0.2, 0) is 10.3 Å². The van der Waals surface area contributed by atoms with Crippen LogP contribution in [0.4, 0.5) is 0 Å². The third-order valence-corrected chi connectivity index (χ3v) is 4.34. The first-order chi connectivity index (χ1) is 9.18. The van der Waals surface area contributed by atoms with Crippen molar-refractivity contribution in [3.63, 3.8) is 0 Å². The van der Waals surface area contributed by atoms with Crippen molar-refractivity contribution in [3.05, 3.63) is 22.8 Å². The number of aliphatic imine (C=N–C) groups is 1. The first-order valence-electron chi connectivity index (χ1n) is 6.67. The predicted octanol–water partition coefficient (Wildman–Crippen LogP) is 3.14. The molecule has 1 aliphatic heterocycles. The molecule has 0 bridgehead atoms. The maximum Gasteiger partial charge on any atom is 0.235 e. The van der Waals surface area contributed by atoms with Crippen LogP contribution in [0, 0.1) is 13.8 Å². The molecule has 0 unspecified atom stereocenters. The van der Waals surface area contributed by atoms with E-state index in [2.05, 4.69) is 11.1 Å². The van der Waals surface area contributed by atoms with Gasteiger partial charge in [0, 0.05) is 5.56 Å². The van der Waals surface area contributed by atoms with Gasteiger partial charge in [0.15, 0.2) is 11.5 Å². The number of hydrogen-bond acceptors (Lipinski definition) is 4. The second kappa shape index (κ2) is 4.39. The molecule has 0 radical (unpaired) electrons. The Morgan fingerprint density at radius 2 is 1.89 bits per heavy atom. The molecule has 4 heteroatoms. The number of nitrogens with zero attached hydrogens (tertiary/aromatic N) is 1. The van der Waals surface area contributed by atoms with Crippen molar-refractivity contribution in [2.75, 3.05) is 6.79 Å². The molecule has 0 spiro atoms. The van der Waals surface area contributed by atoms with Crippen LogP contribution in [0.15, 0.2) is 11.1 Å². The summed E-state index contributed by atoms with van der Waals surface area (Å²) >= 11 is 0. The number of ether oxygens (including phenoxy) is 2.